The summed E-state index contributed by atoms with van der Waals surface area (Å²) >= 11 is 0. The standard InChI is InChI=1S/C56H37N/c1-3-13-38(14-4-1)39-27-30-48(31-28-39)57(49-35-45-19-8-10-20-50(45)54(37-49)40-15-5-2-6-16-40)55-36-47(34-44-18-9-11-21-51(44)55)43-29-32-53-46(33-43)26-25-42-24-23-41-17-7-12-22-52(41)56(42)53/h1-37H. The summed E-state index contributed by atoms with van der Waals surface area (Å²) in [6.45, 7) is 0. The van der Waals surface area contributed by atoms with Crippen molar-refractivity contribution in [2.24, 2.45) is 0 Å². The molecule has 11 aromatic rings. The molecule has 0 aliphatic carbocycles. The second kappa shape index (κ2) is 13.7. The summed E-state index contributed by atoms with van der Waals surface area (Å²) in [5, 5.41) is 12.5. The quantitative estimate of drug-likeness (QED) is 0.154. The Balaban J connectivity index is 1.14. The molecular formula is C56H37N. The van der Waals surface area contributed by atoms with Gasteiger partial charge in [0.15, 0.2) is 0 Å². The fourth-order valence-corrected chi connectivity index (χ4v) is 8.80. The topological polar surface area (TPSA) is 3.24 Å². The first-order chi connectivity index (χ1) is 28.2. The van der Waals surface area contributed by atoms with Crippen molar-refractivity contribution in [1.82, 2.24) is 0 Å². The Labute approximate surface area is 332 Å². The minimum Gasteiger partial charge on any atom is -0.310 e. The van der Waals surface area contributed by atoms with Gasteiger partial charge in [-0.1, -0.05) is 182 Å². The van der Waals surface area contributed by atoms with Gasteiger partial charge in [0.2, 0.25) is 0 Å². The van der Waals surface area contributed by atoms with Gasteiger partial charge in [-0.05, 0) is 124 Å². The Morgan fingerprint density at radius 2 is 0.754 bits per heavy atom. The molecule has 0 aliphatic rings. The van der Waals surface area contributed by atoms with E-state index in [-0.39, 0.29) is 0 Å². The lowest BCUT2D eigenvalue weighted by Gasteiger charge is -2.29. The molecule has 0 saturated heterocycles. The number of hydrogen-bond acceptors (Lipinski definition) is 1. The van der Waals surface area contributed by atoms with E-state index >= 15 is 0 Å². The van der Waals surface area contributed by atoms with Crippen molar-refractivity contribution in [3.63, 3.8) is 0 Å². The van der Waals surface area contributed by atoms with E-state index in [1.54, 1.807) is 0 Å². The average Bonchev–Trinajstić information content (AvgIpc) is 3.29. The van der Waals surface area contributed by atoms with E-state index < -0.39 is 0 Å². The normalized spacial score (nSPS) is 11.5. The van der Waals surface area contributed by atoms with Crippen LogP contribution in [-0.2, 0) is 0 Å². The van der Waals surface area contributed by atoms with Crippen LogP contribution in [0.3, 0.4) is 0 Å². The number of anilines is 3. The number of nitrogens with zero attached hydrogens (tertiary/aromatic N) is 1. The molecule has 57 heavy (non-hydrogen) atoms. The molecule has 0 unspecified atom stereocenters. The Hall–Kier alpha value is -7.48. The van der Waals surface area contributed by atoms with Gasteiger partial charge in [0, 0.05) is 16.8 Å². The minimum atomic E-state index is 1.10. The largest absolute Gasteiger partial charge is 0.310 e. The van der Waals surface area contributed by atoms with Crippen LogP contribution >= 0.6 is 0 Å². The molecule has 0 fully saturated rings. The molecule has 11 rings (SSSR count). The first kappa shape index (κ1) is 32.9. The molecule has 0 N–H and O–H groups in total. The summed E-state index contributed by atoms with van der Waals surface area (Å²) in [6.07, 6.45) is 0. The predicted octanol–water partition coefficient (Wildman–Crippen LogP) is 15.9. The van der Waals surface area contributed by atoms with Crippen molar-refractivity contribution in [1.29, 1.82) is 0 Å². The highest BCUT2D eigenvalue weighted by Gasteiger charge is 2.20. The maximum atomic E-state index is 2.46. The summed E-state index contributed by atoms with van der Waals surface area (Å²) < 4.78 is 0. The zero-order valence-electron chi connectivity index (χ0n) is 31.3. The second-order valence-corrected chi connectivity index (χ2v) is 14.9. The molecule has 0 amide bonds. The first-order valence-electron chi connectivity index (χ1n) is 19.7. The third kappa shape index (κ3) is 5.80. The average molecular weight is 724 g/mol. The highest BCUT2D eigenvalue weighted by molar-refractivity contribution is 6.20. The summed E-state index contributed by atoms with van der Waals surface area (Å²) in [4.78, 5) is 2.46. The first-order valence-corrected chi connectivity index (χ1v) is 19.7. The number of rotatable bonds is 6. The molecule has 0 spiro atoms. The van der Waals surface area contributed by atoms with Gasteiger partial charge in [-0.25, -0.2) is 0 Å². The molecule has 0 saturated carbocycles. The molecule has 0 bridgehead atoms. The number of fused-ring (bicyclic) bond motifs is 7. The number of hydrogen-bond donors (Lipinski definition) is 0. The molecule has 0 radical (unpaired) electrons. The van der Waals surface area contributed by atoms with E-state index in [1.807, 2.05) is 0 Å². The zero-order valence-corrected chi connectivity index (χ0v) is 31.3. The van der Waals surface area contributed by atoms with E-state index in [1.165, 1.54) is 87.2 Å². The van der Waals surface area contributed by atoms with E-state index in [9.17, 15) is 0 Å². The van der Waals surface area contributed by atoms with Gasteiger partial charge >= 0.3 is 0 Å². The predicted molar refractivity (Wildman–Crippen MR) is 245 cm³/mol. The van der Waals surface area contributed by atoms with Crippen molar-refractivity contribution in [2.75, 3.05) is 4.90 Å². The lowest BCUT2D eigenvalue weighted by atomic mass is 9.93. The Bertz CT molecular complexity index is 3270. The molecule has 0 heterocycles. The van der Waals surface area contributed by atoms with Crippen LogP contribution in [0.25, 0.3) is 87.2 Å². The Kier molecular flexibility index (Phi) is 7.89. The third-order valence-corrected chi connectivity index (χ3v) is 11.6. The van der Waals surface area contributed by atoms with E-state index in [0.29, 0.717) is 0 Å². The monoisotopic (exact) mass is 723 g/mol. The van der Waals surface area contributed by atoms with Crippen molar-refractivity contribution >= 4 is 70.9 Å². The van der Waals surface area contributed by atoms with Gasteiger partial charge in [-0.2, -0.15) is 0 Å². The summed E-state index contributed by atoms with van der Waals surface area (Å²) in [5.74, 6) is 0. The molecule has 11 aromatic carbocycles. The van der Waals surface area contributed by atoms with Crippen LogP contribution in [0.1, 0.15) is 0 Å². The highest BCUT2D eigenvalue weighted by Crippen LogP contribution is 2.45. The van der Waals surface area contributed by atoms with Gasteiger partial charge in [-0.3, -0.25) is 0 Å². The highest BCUT2D eigenvalue weighted by atomic mass is 15.1. The molecular weight excluding hydrogens is 687 g/mol. The van der Waals surface area contributed by atoms with Crippen LogP contribution < -0.4 is 4.90 Å². The second-order valence-electron chi connectivity index (χ2n) is 14.9. The van der Waals surface area contributed by atoms with Gasteiger partial charge < -0.3 is 4.90 Å². The summed E-state index contributed by atoms with van der Waals surface area (Å²) in [7, 11) is 0. The fraction of sp³-hybridized carbons (Fsp3) is 0. The molecule has 0 atom stereocenters. The fourth-order valence-electron chi connectivity index (χ4n) is 8.80. The molecule has 0 aliphatic heterocycles. The zero-order chi connectivity index (χ0) is 37.7. The SMILES string of the molecule is c1ccc(-c2ccc(N(c3cc(-c4ccccc4)c4ccccc4c3)c3cc(-c4ccc5c(ccc6ccc7ccccc7c65)c4)cc4ccccc34)cc2)cc1. The third-order valence-electron chi connectivity index (χ3n) is 11.6. The molecule has 1 nitrogen and oxygen atoms in total. The molecule has 266 valence electrons. The van der Waals surface area contributed by atoms with Gasteiger partial charge in [0.05, 0.1) is 5.69 Å². The van der Waals surface area contributed by atoms with Crippen molar-refractivity contribution in [3.05, 3.63) is 224 Å². The smallest absolute Gasteiger partial charge is 0.0546 e. The summed E-state index contributed by atoms with van der Waals surface area (Å²) in [6, 6.07) is 82.2. The van der Waals surface area contributed by atoms with Crippen LogP contribution in [0.2, 0.25) is 0 Å². The van der Waals surface area contributed by atoms with Crippen molar-refractivity contribution in [2.45, 2.75) is 0 Å². The van der Waals surface area contributed by atoms with Crippen LogP contribution in [-0.4, -0.2) is 0 Å². The van der Waals surface area contributed by atoms with Gasteiger partial charge in [0.25, 0.3) is 0 Å². The van der Waals surface area contributed by atoms with Crippen LogP contribution in [0.15, 0.2) is 224 Å². The Morgan fingerprint density at radius 3 is 1.51 bits per heavy atom. The molecule has 0 aromatic heterocycles. The Morgan fingerprint density at radius 1 is 0.246 bits per heavy atom. The maximum absolute atomic E-state index is 2.46. The van der Waals surface area contributed by atoms with Gasteiger partial charge in [-0.15, -0.1) is 0 Å². The van der Waals surface area contributed by atoms with Crippen LogP contribution in [0, 0.1) is 0 Å². The molecule has 1 heteroatoms. The summed E-state index contributed by atoms with van der Waals surface area (Å²) in [5.41, 5.74) is 10.5. The van der Waals surface area contributed by atoms with E-state index in [2.05, 4.69) is 229 Å². The van der Waals surface area contributed by atoms with E-state index in [0.717, 1.165) is 17.1 Å². The van der Waals surface area contributed by atoms with Crippen LogP contribution in [0.4, 0.5) is 17.1 Å². The maximum Gasteiger partial charge on any atom is 0.0546 e. The van der Waals surface area contributed by atoms with Gasteiger partial charge in [0.1, 0.15) is 0 Å². The lowest BCUT2D eigenvalue weighted by molar-refractivity contribution is 1.30. The van der Waals surface area contributed by atoms with E-state index in [4.69, 9.17) is 0 Å². The van der Waals surface area contributed by atoms with Crippen molar-refractivity contribution < 1.29 is 0 Å². The van der Waals surface area contributed by atoms with Crippen molar-refractivity contribution in [3.8, 4) is 33.4 Å². The minimum absolute atomic E-state index is 1.10. The lowest BCUT2D eigenvalue weighted by Crippen LogP contribution is -2.11. The van der Waals surface area contributed by atoms with Crippen LogP contribution in [0.5, 0.6) is 0 Å². The number of benzene rings is 11.